The lowest BCUT2D eigenvalue weighted by molar-refractivity contribution is -0.132. The Morgan fingerprint density at radius 1 is 1.36 bits per heavy atom. The Morgan fingerprint density at radius 2 is 2.12 bits per heavy atom. The first kappa shape index (κ1) is 17.7. The third kappa shape index (κ3) is 4.48. The summed E-state index contributed by atoms with van der Waals surface area (Å²) in [5.74, 6) is 1.11. The van der Waals surface area contributed by atoms with Gasteiger partial charge in [0.05, 0.1) is 17.0 Å². The van der Waals surface area contributed by atoms with E-state index in [0.29, 0.717) is 18.2 Å². The lowest BCUT2D eigenvalue weighted by atomic mass is 9.96. The molecule has 0 aliphatic carbocycles. The number of aryl methyl sites for hydroxylation is 2. The molecule has 1 fully saturated rings. The van der Waals surface area contributed by atoms with E-state index in [4.69, 9.17) is 4.52 Å². The van der Waals surface area contributed by atoms with Gasteiger partial charge >= 0.3 is 0 Å². The molecule has 1 saturated heterocycles. The highest BCUT2D eigenvalue weighted by Crippen LogP contribution is 2.19. The number of aromatic nitrogens is 1. The number of carbonyl (C=O) groups excluding carboxylic acids is 2. The smallest absolute Gasteiger partial charge is 0.261 e. The summed E-state index contributed by atoms with van der Waals surface area (Å²) in [5.41, 5.74) is 1.81. The predicted octanol–water partition coefficient (Wildman–Crippen LogP) is 2.56. The number of likely N-dealkylation sites (tertiary alicyclic amines) is 1. The van der Waals surface area contributed by atoms with E-state index in [0.717, 1.165) is 42.1 Å². The molecular formula is C18H23N3O3S. The van der Waals surface area contributed by atoms with Gasteiger partial charge in [-0.05, 0) is 49.6 Å². The summed E-state index contributed by atoms with van der Waals surface area (Å²) in [6.45, 7) is 5.91. The van der Waals surface area contributed by atoms with Gasteiger partial charge in [-0.2, -0.15) is 0 Å². The number of nitrogens with one attached hydrogen (secondary N) is 1. The predicted molar refractivity (Wildman–Crippen MR) is 95.6 cm³/mol. The van der Waals surface area contributed by atoms with Crippen molar-refractivity contribution >= 4 is 23.2 Å². The topological polar surface area (TPSA) is 75.4 Å². The fourth-order valence-electron chi connectivity index (χ4n) is 3.07. The van der Waals surface area contributed by atoms with Crippen molar-refractivity contribution in [3.05, 3.63) is 39.4 Å². The van der Waals surface area contributed by atoms with Gasteiger partial charge in [0.2, 0.25) is 5.91 Å². The molecule has 2 aromatic heterocycles. The van der Waals surface area contributed by atoms with Gasteiger partial charge in [-0.15, -0.1) is 11.3 Å². The maximum absolute atomic E-state index is 12.3. The quantitative estimate of drug-likeness (QED) is 0.888. The molecule has 0 unspecified atom stereocenters. The van der Waals surface area contributed by atoms with Gasteiger partial charge in [0, 0.05) is 25.7 Å². The molecule has 0 radical (unpaired) electrons. The average molecular weight is 361 g/mol. The van der Waals surface area contributed by atoms with Gasteiger partial charge in [-0.25, -0.2) is 0 Å². The van der Waals surface area contributed by atoms with Crippen LogP contribution in [0.3, 0.4) is 0 Å². The van der Waals surface area contributed by atoms with Crippen molar-refractivity contribution in [2.45, 2.75) is 33.1 Å². The van der Waals surface area contributed by atoms with E-state index in [2.05, 4.69) is 10.5 Å². The highest BCUT2D eigenvalue weighted by molar-refractivity contribution is 7.12. The van der Waals surface area contributed by atoms with Crippen LogP contribution in [-0.2, 0) is 11.2 Å². The van der Waals surface area contributed by atoms with E-state index in [-0.39, 0.29) is 18.2 Å². The number of nitrogens with zero attached hydrogens (tertiary/aromatic N) is 2. The molecule has 1 aliphatic rings. The van der Waals surface area contributed by atoms with Gasteiger partial charge in [0.1, 0.15) is 5.76 Å². The molecule has 6 nitrogen and oxygen atoms in total. The van der Waals surface area contributed by atoms with Gasteiger partial charge in [0.25, 0.3) is 5.91 Å². The van der Waals surface area contributed by atoms with Gasteiger partial charge in [-0.1, -0.05) is 5.16 Å². The monoisotopic (exact) mass is 361 g/mol. The minimum atomic E-state index is 0.00620. The Balaban J connectivity index is 1.42. The molecular weight excluding hydrogens is 338 g/mol. The summed E-state index contributed by atoms with van der Waals surface area (Å²) in [6, 6.07) is 3.76. The Bertz CT molecular complexity index is 744. The highest BCUT2D eigenvalue weighted by atomic mass is 32.1. The number of hydrogen-bond acceptors (Lipinski definition) is 5. The Kier molecular flexibility index (Phi) is 5.53. The van der Waals surface area contributed by atoms with Crippen LogP contribution in [0, 0.1) is 19.8 Å². The van der Waals surface area contributed by atoms with Gasteiger partial charge in [-0.3, -0.25) is 9.59 Å². The number of thiophene rings is 1. The minimum Gasteiger partial charge on any atom is -0.361 e. The zero-order valence-corrected chi connectivity index (χ0v) is 15.4. The molecule has 0 atom stereocenters. The standard InChI is InChI=1S/C18H23N3O3S/c1-12-5-8-25-17(12)18(23)19-11-14-3-6-21(7-4-14)16(22)10-15-9-13(2)20-24-15/h5,8-9,14H,3-4,6-7,10-11H2,1-2H3,(H,19,23). The third-order valence-electron chi connectivity index (χ3n) is 4.59. The van der Waals surface area contributed by atoms with Crippen LogP contribution in [0.1, 0.15) is 39.5 Å². The fraction of sp³-hybridized carbons (Fsp3) is 0.500. The van der Waals surface area contributed by atoms with Crippen LogP contribution in [0.4, 0.5) is 0 Å². The van der Waals surface area contributed by atoms with E-state index in [1.165, 1.54) is 11.3 Å². The summed E-state index contributed by atoms with van der Waals surface area (Å²) >= 11 is 1.47. The molecule has 3 rings (SSSR count). The van der Waals surface area contributed by atoms with Crippen LogP contribution in [-0.4, -0.2) is 41.5 Å². The fourth-order valence-corrected chi connectivity index (χ4v) is 3.91. The second-order valence-corrected chi connectivity index (χ2v) is 7.49. The molecule has 2 amide bonds. The van der Waals surface area contributed by atoms with Crippen molar-refractivity contribution in [2.24, 2.45) is 5.92 Å². The second-order valence-electron chi connectivity index (χ2n) is 6.58. The molecule has 134 valence electrons. The minimum absolute atomic E-state index is 0.00620. The Labute approximate surface area is 151 Å². The van der Waals surface area contributed by atoms with Crippen LogP contribution in [0.2, 0.25) is 0 Å². The first-order chi connectivity index (χ1) is 12.0. The van der Waals surface area contributed by atoms with E-state index >= 15 is 0 Å². The van der Waals surface area contributed by atoms with Crippen LogP contribution in [0.25, 0.3) is 0 Å². The number of amides is 2. The Morgan fingerprint density at radius 3 is 2.72 bits per heavy atom. The number of carbonyl (C=O) groups is 2. The summed E-state index contributed by atoms with van der Waals surface area (Å²) in [5, 5.41) is 8.77. The average Bonchev–Trinajstić information content (AvgIpc) is 3.21. The first-order valence-electron chi connectivity index (χ1n) is 8.55. The van der Waals surface area contributed by atoms with Crippen molar-refractivity contribution in [3.63, 3.8) is 0 Å². The summed E-state index contributed by atoms with van der Waals surface area (Å²) in [7, 11) is 0. The molecule has 1 N–H and O–H groups in total. The van der Waals surface area contributed by atoms with Crippen LogP contribution in [0.15, 0.2) is 22.0 Å². The van der Waals surface area contributed by atoms with E-state index < -0.39 is 0 Å². The summed E-state index contributed by atoms with van der Waals surface area (Å²) < 4.78 is 5.11. The number of piperidine rings is 1. The van der Waals surface area contributed by atoms with E-state index in [9.17, 15) is 9.59 Å². The summed E-state index contributed by atoms with van der Waals surface area (Å²) in [6.07, 6.45) is 2.08. The van der Waals surface area contributed by atoms with Crippen LogP contribution in [0.5, 0.6) is 0 Å². The van der Waals surface area contributed by atoms with Crippen LogP contribution < -0.4 is 5.32 Å². The zero-order valence-electron chi connectivity index (χ0n) is 14.6. The molecule has 3 heterocycles. The van der Waals surface area contributed by atoms with Gasteiger partial charge in [0.15, 0.2) is 0 Å². The van der Waals surface area contributed by atoms with Crippen molar-refractivity contribution in [2.75, 3.05) is 19.6 Å². The zero-order chi connectivity index (χ0) is 17.8. The molecule has 0 aromatic carbocycles. The largest absolute Gasteiger partial charge is 0.361 e. The lowest BCUT2D eigenvalue weighted by Crippen LogP contribution is -2.42. The molecule has 0 bridgehead atoms. The second kappa shape index (κ2) is 7.82. The molecule has 7 heteroatoms. The molecule has 1 aliphatic heterocycles. The van der Waals surface area contributed by atoms with Crippen molar-refractivity contribution < 1.29 is 14.1 Å². The van der Waals surface area contributed by atoms with E-state index in [1.54, 1.807) is 6.07 Å². The maximum atomic E-state index is 12.3. The van der Waals surface area contributed by atoms with Crippen molar-refractivity contribution in [3.8, 4) is 0 Å². The Hall–Kier alpha value is -2.15. The van der Waals surface area contributed by atoms with Crippen LogP contribution >= 0.6 is 11.3 Å². The molecule has 0 saturated carbocycles. The molecule has 0 spiro atoms. The normalized spacial score (nSPS) is 15.4. The third-order valence-corrected chi connectivity index (χ3v) is 5.60. The molecule has 2 aromatic rings. The lowest BCUT2D eigenvalue weighted by Gasteiger charge is -2.32. The molecule has 25 heavy (non-hydrogen) atoms. The SMILES string of the molecule is Cc1cc(CC(=O)N2CCC(CNC(=O)c3sccc3C)CC2)on1. The highest BCUT2D eigenvalue weighted by Gasteiger charge is 2.24. The maximum Gasteiger partial charge on any atom is 0.261 e. The summed E-state index contributed by atoms with van der Waals surface area (Å²) in [4.78, 5) is 27.1. The van der Waals surface area contributed by atoms with Crippen molar-refractivity contribution in [1.29, 1.82) is 0 Å². The number of hydrogen-bond donors (Lipinski definition) is 1. The van der Waals surface area contributed by atoms with Crippen molar-refractivity contribution in [1.82, 2.24) is 15.4 Å². The first-order valence-corrected chi connectivity index (χ1v) is 9.43. The number of rotatable bonds is 5. The van der Waals surface area contributed by atoms with E-state index in [1.807, 2.05) is 30.2 Å². The van der Waals surface area contributed by atoms with Gasteiger partial charge < -0.3 is 14.7 Å².